The Bertz CT molecular complexity index is 500. The first kappa shape index (κ1) is 15.3. The number of nitrogens with one attached hydrogen (secondary N) is 1. The average Bonchev–Trinajstić information content (AvgIpc) is 2.36. The Balaban J connectivity index is 2.06. The van der Waals surface area contributed by atoms with E-state index in [2.05, 4.69) is 10.4 Å². The monoisotopic (exact) mass is 299 g/mol. The van der Waals surface area contributed by atoms with Crippen LogP contribution in [-0.2, 0) is 6.54 Å². The van der Waals surface area contributed by atoms with Crippen LogP contribution in [0.4, 0.5) is 5.69 Å². The molecule has 1 unspecified atom stereocenters. The summed E-state index contributed by atoms with van der Waals surface area (Å²) in [5, 5.41) is 16.5. The van der Waals surface area contributed by atoms with E-state index < -0.39 is 0 Å². The van der Waals surface area contributed by atoms with Crippen LogP contribution in [0.1, 0.15) is 32.6 Å². The molecule has 0 amide bonds. The Hall–Kier alpha value is -1.07. The lowest BCUT2D eigenvalue weighted by molar-refractivity contribution is 0.261. The first-order valence-electron chi connectivity index (χ1n) is 7.22. The van der Waals surface area contributed by atoms with E-state index in [1.807, 2.05) is 6.92 Å². The van der Waals surface area contributed by atoms with E-state index in [-0.39, 0.29) is 18.1 Å². The molecule has 1 aliphatic rings. The molecular formula is C14H22ClN3O2. The molecule has 1 atom stereocenters. The molecule has 0 spiro atoms. The summed E-state index contributed by atoms with van der Waals surface area (Å²) in [6.45, 7) is 3.46. The van der Waals surface area contributed by atoms with Gasteiger partial charge in [0.15, 0.2) is 0 Å². The van der Waals surface area contributed by atoms with Gasteiger partial charge in [-0.2, -0.15) is 5.10 Å². The number of hydrogen-bond acceptors (Lipinski definition) is 4. The molecule has 0 radical (unpaired) electrons. The van der Waals surface area contributed by atoms with Gasteiger partial charge in [0.05, 0.1) is 11.2 Å². The van der Waals surface area contributed by atoms with E-state index in [1.165, 1.54) is 30.1 Å². The third kappa shape index (κ3) is 3.73. The van der Waals surface area contributed by atoms with Gasteiger partial charge in [-0.05, 0) is 31.1 Å². The zero-order valence-corrected chi connectivity index (χ0v) is 12.6. The molecule has 1 aromatic heterocycles. The van der Waals surface area contributed by atoms with Gasteiger partial charge in [0, 0.05) is 19.7 Å². The topological polar surface area (TPSA) is 67.2 Å². The third-order valence-corrected chi connectivity index (χ3v) is 4.19. The fourth-order valence-electron chi connectivity index (χ4n) is 2.28. The molecule has 1 heterocycles. The largest absolute Gasteiger partial charge is 0.396 e. The molecule has 5 nitrogen and oxygen atoms in total. The maximum absolute atomic E-state index is 12.3. The fourth-order valence-corrected chi connectivity index (χ4v) is 2.47. The first-order valence-corrected chi connectivity index (χ1v) is 7.60. The van der Waals surface area contributed by atoms with Crippen LogP contribution in [0, 0.1) is 11.8 Å². The lowest BCUT2D eigenvalue weighted by Gasteiger charge is -2.25. The number of rotatable bonds is 7. The summed E-state index contributed by atoms with van der Waals surface area (Å²) >= 11 is 6.06. The lowest BCUT2D eigenvalue weighted by atomic mass is 9.85. The number of hydrogen-bond donors (Lipinski definition) is 2. The van der Waals surface area contributed by atoms with Gasteiger partial charge < -0.3 is 10.4 Å². The maximum atomic E-state index is 12.3. The number of halogens is 1. The minimum Gasteiger partial charge on any atom is -0.396 e. The number of aliphatic hydroxyl groups is 1. The quantitative estimate of drug-likeness (QED) is 0.809. The Morgan fingerprint density at radius 1 is 1.60 bits per heavy atom. The van der Waals surface area contributed by atoms with Gasteiger partial charge in [0.1, 0.15) is 5.69 Å². The predicted octanol–water partition coefficient (Wildman–Crippen LogP) is 2.13. The van der Waals surface area contributed by atoms with Crippen molar-refractivity contribution < 1.29 is 5.11 Å². The van der Waals surface area contributed by atoms with Crippen molar-refractivity contribution in [1.82, 2.24) is 9.78 Å². The first-order chi connectivity index (χ1) is 9.61. The van der Waals surface area contributed by atoms with E-state index in [0.29, 0.717) is 36.1 Å². The second-order valence-electron chi connectivity index (χ2n) is 5.65. The van der Waals surface area contributed by atoms with Crippen molar-refractivity contribution in [1.29, 1.82) is 0 Å². The zero-order valence-electron chi connectivity index (χ0n) is 11.8. The molecule has 0 aromatic carbocycles. The van der Waals surface area contributed by atoms with Crippen molar-refractivity contribution in [2.45, 2.75) is 39.2 Å². The third-order valence-electron chi connectivity index (χ3n) is 3.90. The highest BCUT2D eigenvalue weighted by Gasteiger charge is 2.20. The van der Waals surface area contributed by atoms with Gasteiger partial charge in [0.25, 0.3) is 5.56 Å². The van der Waals surface area contributed by atoms with E-state index in [0.717, 1.165) is 0 Å². The molecule has 0 aliphatic heterocycles. The summed E-state index contributed by atoms with van der Waals surface area (Å²) in [6.07, 6.45) is 5.82. The van der Waals surface area contributed by atoms with Crippen molar-refractivity contribution in [2.75, 3.05) is 18.5 Å². The standard InChI is InChI=1S/C14H22ClN3O2/c1-10(5-6-19)7-16-13-12(15)8-17-18(14(13)20)9-11-3-2-4-11/h8,10-11,16,19H,2-7,9H2,1H3. The van der Waals surface area contributed by atoms with Gasteiger partial charge >= 0.3 is 0 Å². The van der Waals surface area contributed by atoms with Gasteiger partial charge in [0.2, 0.25) is 0 Å². The molecule has 1 saturated carbocycles. The maximum Gasteiger partial charge on any atom is 0.291 e. The summed E-state index contributed by atoms with van der Waals surface area (Å²) < 4.78 is 1.51. The minimum atomic E-state index is -0.152. The number of nitrogens with zero attached hydrogens (tertiary/aromatic N) is 2. The Morgan fingerprint density at radius 2 is 2.35 bits per heavy atom. The summed E-state index contributed by atoms with van der Waals surface area (Å²) in [6, 6.07) is 0. The predicted molar refractivity (Wildman–Crippen MR) is 80.2 cm³/mol. The molecule has 0 saturated heterocycles. The molecule has 0 bridgehead atoms. The number of aromatic nitrogens is 2. The van der Waals surface area contributed by atoms with Crippen LogP contribution >= 0.6 is 11.6 Å². The normalized spacial score (nSPS) is 16.8. The van der Waals surface area contributed by atoms with Crippen LogP contribution in [-0.4, -0.2) is 28.0 Å². The van der Waals surface area contributed by atoms with Crippen molar-refractivity contribution in [3.8, 4) is 0 Å². The molecule has 6 heteroatoms. The van der Waals surface area contributed by atoms with Crippen LogP contribution in [0.15, 0.2) is 11.0 Å². The molecule has 112 valence electrons. The van der Waals surface area contributed by atoms with E-state index in [9.17, 15) is 4.79 Å². The van der Waals surface area contributed by atoms with Crippen molar-refractivity contribution >= 4 is 17.3 Å². The zero-order chi connectivity index (χ0) is 14.5. The highest BCUT2D eigenvalue weighted by atomic mass is 35.5. The highest BCUT2D eigenvalue weighted by Crippen LogP contribution is 2.27. The molecule has 1 aromatic rings. The fraction of sp³-hybridized carbons (Fsp3) is 0.714. The molecule has 2 N–H and O–H groups in total. The van der Waals surface area contributed by atoms with Crippen LogP contribution in [0.25, 0.3) is 0 Å². The number of anilines is 1. The van der Waals surface area contributed by atoms with Crippen molar-refractivity contribution in [3.05, 3.63) is 21.6 Å². The SMILES string of the molecule is CC(CCO)CNc1c(Cl)cnn(CC2CCC2)c1=O. The smallest absolute Gasteiger partial charge is 0.291 e. The van der Waals surface area contributed by atoms with E-state index in [4.69, 9.17) is 16.7 Å². The summed E-state index contributed by atoms with van der Waals surface area (Å²) in [7, 11) is 0. The van der Waals surface area contributed by atoms with Crippen LogP contribution in [0.2, 0.25) is 5.02 Å². The average molecular weight is 300 g/mol. The Morgan fingerprint density at radius 3 is 2.95 bits per heavy atom. The van der Waals surface area contributed by atoms with E-state index in [1.54, 1.807) is 0 Å². The number of aliphatic hydroxyl groups excluding tert-OH is 1. The summed E-state index contributed by atoms with van der Waals surface area (Å²) in [5.74, 6) is 0.853. The Labute approximate surface area is 124 Å². The van der Waals surface area contributed by atoms with Gasteiger partial charge in [-0.3, -0.25) is 4.79 Å². The van der Waals surface area contributed by atoms with Crippen LogP contribution in [0.3, 0.4) is 0 Å². The molecule has 20 heavy (non-hydrogen) atoms. The van der Waals surface area contributed by atoms with Gasteiger partial charge in [-0.25, -0.2) is 4.68 Å². The van der Waals surface area contributed by atoms with E-state index >= 15 is 0 Å². The minimum absolute atomic E-state index is 0.152. The second-order valence-corrected chi connectivity index (χ2v) is 6.06. The molecule has 2 rings (SSSR count). The highest BCUT2D eigenvalue weighted by molar-refractivity contribution is 6.32. The molecular weight excluding hydrogens is 278 g/mol. The lowest BCUT2D eigenvalue weighted by Crippen LogP contribution is -2.31. The van der Waals surface area contributed by atoms with Crippen LogP contribution in [0.5, 0.6) is 0 Å². The van der Waals surface area contributed by atoms with Crippen LogP contribution < -0.4 is 10.9 Å². The van der Waals surface area contributed by atoms with Crippen molar-refractivity contribution in [2.24, 2.45) is 11.8 Å². The second kappa shape index (κ2) is 7.09. The Kier molecular flexibility index (Phi) is 5.43. The molecule has 1 fully saturated rings. The molecule has 1 aliphatic carbocycles. The summed E-state index contributed by atoms with van der Waals surface area (Å²) in [5.41, 5.74) is 0.270. The van der Waals surface area contributed by atoms with Gasteiger partial charge in [-0.1, -0.05) is 24.9 Å². The van der Waals surface area contributed by atoms with Gasteiger partial charge in [-0.15, -0.1) is 0 Å². The summed E-state index contributed by atoms with van der Waals surface area (Å²) in [4.78, 5) is 12.3. The van der Waals surface area contributed by atoms with Crippen molar-refractivity contribution in [3.63, 3.8) is 0 Å².